The summed E-state index contributed by atoms with van der Waals surface area (Å²) in [5, 5.41) is 6.81. The summed E-state index contributed by atoms with van der Waals surface area (Å²) in [7, 11) is 1.79. The molecule has 15 heavy (non-hydrogen) atoms. The number of hydrogen-bond donors (Lipinski definition) is 2. The predicted molar refractivity (Wildman–Crippen MR) is 61.2 cm³/mol. The van der Waals surface area contributed by atoms with Gasteiger partial charge in [-0.2, -0.15) is 0 Å². The van der Waals surface area contributed by atoms with Crippen LogP contribution in [0.1, 0.15) is 20.8 Å². The molecule has 0 bridgehead atoms. The lowest BCUT2D eigenvalue weighted by Gasteiger charge is -2.34. The van der Waals surface area contributed by atoms with Gasteiger partial charge < -0.3 is 15.5 Å². The van der Waals surface area contributed by atoms with E-state index >= 15 is 0 Å². The molecular weight excluding hydrogens is 212 g/mol. The van der Waals surface area contributed by atoms with E-state index in [1.807, 2.05) is 25.7 Å². The quantitative estimate of drug-likeness (QED) is 0.585. The van der Waals surface area contributed by atoms with Crippen molar-refractivity contribution < 1.29 is 4.79 Å². The molecule has 0 aliphatic carbocycles. The van der Waals surface area contributed by atoms with E-state index in [4.69, 9.17) is 12.2 Å². The fraction of sp³-hybridized carbons (Fsp3) is 0.778. The maximum atomic E-state index is 12.0. The van der Waals surface area contributed by atoms with Gasteiger partial charge in [-0.25, -0.2) is 4.79 Å². The molecule has 2 aliphatic heterocycles. The van der Waals surface area contributed by atoms with Crippen molar-refractivity contribution in [2.24, 2.45) is 0 Å². The van der Waals surface area contributed by atoms with Crippen molar-refractivity contribution in [1.82, 2.24) is 20.4 Å². The minimum atomic E-state index is -0.209. The van der Waals surface area contributed by atoms with Crippen molar-refractivity contribution in [3.05, 3.63) is 0 Å². The van der Waals surface area contributed by atoms with E-state index < -0.39 is 0 Å². The van der Waals surface area contributed by atoms with Crippen LogP contribution in [0.3, 0.4) is 0 Å². The molecular formula is C9H16N4OS. The first-order chi connectivity index (χ1) is 6.82. The second-order valence-corrected chi connectivity index (χ2v) is 5.35. The van der Waals surface area contributed by atoms with Crippen LogP contribution in [0, 0.1) is 0 Å². The molecule has 2 fully saturated rings. The van der Waals surface area contributed by atoms with Crippen LogP contribution in [0.15, 0.2) is 0 Å². The van der Waals surface area contributed by atoms with E-state index in [0.717, 1.165) is 0 Å². The van der Waals surface area contributed by atoms with E-state index in [9.17, 15) is 4.79 Å². The van der Waals surface area contributed by atoms with Gasteiger partial charge in [0.25, 0.3) is 0 Å². The molecule has 2 rings (SSSR count). The first kappa shape index (κ1) is 10.5. The molecule has 2 atom stereocenters. The zero-order valence-electron chi connectivity index (χ0n) is 9.37. The molecule has 0 aromatic rings. The summed E-state index contributed by atoms with van der Waals surface area (Å²) in [5.74, 6) is 0. The topological polar surface area (TPSA) is 47.6 Å². The molecule has 0 unspecified atom stereocenters. The van der Waals surface area contributed by atoms with Crippen molar-refractivity contribution in [3.63, 3.8) is 0 Å². The van der Waals surface area contributed by atoms with Crippen LogP contribution < -0.4 is 10.6 Å². The lowest BCUT2D eigenvalue weighted by Crippen LogP contribution is -2.52. The molecule has 0 spiro atoms. The van der Waals surface area contributed by atoms with Gasteiger partial charge in [0.2, 0.25) is 0 Å². The highest BCUT2D eigenvalue weighted by atomic mass is 32.1. The van der Waals surface area contributed by atoms with Crippen LogP contribution in [-0.2, 0) is 0 Å². The SMILES string of the molecule is CN1C(=O)N(C(C)(C)C)[C@@H]2NC(=S)N[C@@H]21. The molecule has 0 radical (unpaired) electrons. The molecule has 0 aromatic carbocycles. The third-order valence-corrected chi connectivity index (χ3v) is 3.02. The van der Waals surface area contributed by atoms with Crippen molar-refractivity contribution >= 4 is 23.4 Å². The van der Waals surface area contributed by atoms with Crippen molar-refractivity contribution in [2.75, 3.05) is 7.05 Å². The summed E-state index contributed by atoms with van der Waals surface area (Å²) >= 11 is 5.05. The largest absolute Gasteiger partial charge is 0.339 e. The molecule has 2 heterocycles. The zero-order valence-corrected chi connectivity index (χ0v) is 10.2. The van der Waals surface area contributed by atoms with Gasteiger partial charge in [-0.05, 0) is 33.0 Å². The van der Waals surface area contributed by atoms with E-state index in [0.29, 0.717) is 5.11 Å². The van der Waals surface area contributed by atoms with Gasteiger partial charge in [0.05, 0.1) is 0 Å². The number of rotatable bonds is 0. The second-order valence-electron chi connectivity index (χ2n) is 4.94. The normalized spacial score (nSPS) is 30.4. The van der Waals surface area contributed by atoms with Gasteiger partial charge in [0, 0.05) is 12.6 Å². The predicted octanol–water partition coefficient (Wildman–Crippen LogP) is 0.282. The Morgan fingerprint density at radius 2 is 1.80 bits per heavy atom. The Hall–Kier alpha value is -1.04. The van der Waals surface area contributed by atoms with Gasteiger partial charge in [-0.15, -0.1) is 0 Å². The number of fused-ring (bicyclic) bond motifs is 1. The van der Waals surface area contributed by atoms with Gasteiger partial charge in [-0.1, -0.05) is 0 Å². The highest BCUT2D eigenvalue weighted by Gasteiger charge is 2.51. The van der Waals surface area contributed by atoms with Gasteiger partial charge in [0.1, 0.15) is 12.3 Å². The number of carbonyl (C=O) groups is 1. The van der Waals surface area contributed by atoms with Gasteiger partial charge in [-0.3, -0.25) is 4.90 Å². The van der Waals surface area contributed by atoms with Crippen LogP contribution >= 0.6 is 12.2 Å². The standard InChI is InChI=1S/C9H16N4OS/c1-9(2,3)13-6-5(10-7(15)11-6)12(4)8(13)14/h5-6H,1-4H3,(H2,10,11,15)/t5-,6+/m1/s1. The number of nitrogens with zero attached hydrogens (tertiary/aromatic N) is 2. The molecule has 84 valence electrons. The molecule has 5 nitrogen and oxygen atoms in total. The summed E-state index contributed by atoms with van der Waals surface area (Å²) in [5.41, 5.74) is -0.209. The Morgan fingerprint density at radius 3 is 2.33 bits per heavy atom. The number of nitrogens with one attached hydrogen (secondary N) is 2. The summed E-state index contributed by atoms with van der Waals surface area (Å²) in [6.07, 6.45) is -0.112. The summed E-state index contributed by atoms with van der Waals surface area (Å²) in [6, 6.07) is 0.0278. The van der Waals surface area contributed by atoms with Crippen molar-refractivity contribution in [3.8, 4) is 0 Å². The molecule has 2 N–H and O–H groups in total. The van der Waals surface area contributed by atoms with Crippen molar-refractivity contribution in [2.45, 2.75) is 38.6 Å². The number of thiocarbonyl (C=S) groups is 1. The molecule has 2 aliphatic rings. The minimum Gasteiger partial charge on any atom is -0.339 e. The number of likely N-dealkylation sites (N-methyl/N-ethyl adjacent to an activating group) is 1. The zero-order chi connectivity index (χ0) is 11.4. The van der Waals surface area contributed by atoms with Crippen LogP contribution in [0.4, 0.5) is 4.79 Å². The molecule has 0 aromatic heterocycles. The smallest absolute Gasteiger partial charge is 0.323 e. The van der Waals surface area contributed by atoms with Crippen LogP contribution in [0.5, 0.6) is 0 Å². The second kappa shape index (κ2) is 2.98. The highest BCUT2D eigenvalue weighted by molar-refractivity contribution is 7.80. The fourth-order valence-electron chi connectivity index (χ4n) is 2.09. The molecule has 0 saturated carbocycles. The van der Waals surface area contributed by atoms with E-state index in [1.165, 1.54) is 0 Å². The average molecular weight is 228 g/mol. The van der Waals surface area contributed by atoms with Crippen LogP contribution in [0.2, 0.25) is 0 Å². The summed E-state index contributed by atoms with van der Waals surface area (Å²) < 4.78 is 0. The summed E-state index contributed by atoms with van der Waals surface area (Å²) in [6.45, 7) is 6.05. The van der Waals surface area contributed by atoms with Gasteiger partial charge in [0.15, 0.2) is 5.11 Å². The Morgan fingerprint density at radius 1 is 1.27 bits per heavy atom. The van der Waals surface area contributed by atoms with E-state index in [2.05, 4.69) is 10.6 Å². The number of carbonyl (C=O) groups excluding carboxylic acids is 1. The number of hydrogen-bond acceptors (Lipinski definition) is 2. The summed E-state index contributed by atoms with van der Waals surface area (Å²) in [4.78, 5) is 15.5. The monoisotopic (exact) mass is 228 g/mol. The molecule has 6 heteroatoms. The number of amides is 2. The van der Waals surface area contributed by atoms with Crippen LogP contribution in [0.25, 0.3) is 0 Å². The molecule has 2 amide bonds. The first-order valence-electron chi connectivity index (χ1n) is 4.95. The Balaban J connectivity index is 2.32. The van der Waals surface area contributed by atoms with E-state index in [1.54, 1.807) is 11.9 Å². The van der Waals surface area contributed by atoms with E-state index in [-0.39, 0.29) is 23.9 Å². The molecule has 2 saturated heterocycles. The Bertz CT molecular complexity index is 325. The third-order valence-electron chi connectivity index (χ3n) is 2.78. The average Bonchev–Trinajstić information content (AvgIpc) is 2.51. The first-order valence-corrected chi connectivity index (χ1v) is 5.36. The lowest BCUT2D eigenvalue weighted by atomic mass is 10.1. The van der Waals surface area contributed by atoms with Crippen LogP contribution in [-0.4, -0.2) is 45.9 Å². The Kier molecular flexibility index (Phi) is 2.08. The van der Waals surface area contributed by atoms with Gasteiger partial charge >= 0.3 is 6.03 Å². The maximum absolute atomic E-state index is 12.0. The minimum absolute atomic E-state index is 0.0278. The lowest BCUT2D eigenvalue weighted by molar-refractivity contribution is 0.130. The highest BCUT2D eigenvalue weighted by Crippen LogP contribution is 2.28. The van der Waals surface area contributed by atoms with Crippen molar-refractivity contribution in [1.29, 1.82) is 0 Å². The Labute approximate surface area is 94.8 Å². The fourth-order valence-corrected chi connectivity index (χ4v) is 2.34. The maximum Gasteiger partial charge on any atom is 0.323 e. The third kappa shape index (κ3) is 1.43. The number of urea groups is 1.